The highest BCUT2D eigenvalue weighted by atomic mass is 15.0. The second-order valence-electron chi connectivity index (χ2n) is 7.65. The van der Waals surface area contributed by atoms with Gasteiger partial charge in [-0.15, -0.1) is 0 Å². The van der Waals surface area contributed by atoms with Crippen LogP contribution in [0.3, 0.4) is 0 Å². The zero-order valence-electron chi connectivity index (χ0n) is 17.4. The average Bonchev–Trinajstić information content (AvgIpc) is 3.16. The maximum Gasteiger partial charge on any atom is 0.0998 e. The van der Waals surface area contributed by atoms with Crippen molar-refractivity contribution in [3.63, 3.8) is 0 Å². The van der Waals surface area contributed by atoms with Crippen molar-refractivity contribution in [2.75, 3.05) is 0 Å². The number of aryl methyl sites for hydroxylation is 1. The second kappa shape index (κ2) is 7.97. The van der Waals surface area contributed by atoms with Crippen molar-refractivity contribution in [3.8, 4) is 17.2 Å². The molecule has 0 fully saturated rings. The molecule has 0 aliphatic rings. The Labute approximate surface area is 182 Å². The van der Waals surface area contributed by atoms with Crippen LogP contribution in [0.1, 0.15) is 18.1 Å². The van der Waals surface area contributed by atoms with Crippen LogP contribution in [0.15, 0.2) is 97.1 Å². The predicted molar refractivity (Wildman–Crippen MR) is 130 cm³/mol. The summed E-state index contributed by atoms with van der Waals surface area (Å²) < 4.78 is 2.34. The van der Waals surface area contributed by atoms with Crippen LogP contribution in [0.5, 0.6) is 0 Å². The summed E-state index contributed by atoms with van der Waals surface area (Å²) in [5.41, 5.74) is 7.43. The van der Waals surface area contributed by atoms with Crippen LogP contribution < -0.4 is 0 Å². The van der Waals surface area contributed by atoms with E-state index < -0.39 is 0 Å². The number of nitrogens with zero attached hydrogens (tertiary/aromatic N) is 2. The second-order valence-corrected chi connectivity index (χ2v) is 7.65. The van der Waals surface area contributed by atoms with Gasteiger partial charge < -0.3 is 4.57 Å². The van der Waals surface area contributed by atoms with Gasteiger partial charge in [0.25, 0.3) is 0 Å². The molecule has 1 aromatic heterocycles. The highest BCUT2D eigenvalue weighted by Crippen LogP contribution is 2.31. The quantitative estimate of drug-likeness (QED) is 0.227. The van der Waals surface area contributed by atoms with E-state index in [4.69, 9.17) is 0 Å². The largest absolute Gasteiger partial charge is 0.341 e. The minimum absolute atomic E-state index is 0.665. The van der Waals surface area contributed by atoms with Gasteiger partial charge in [-0.05, 0) is 53.5 Å². The van der Waals surface area contributed by atoms with Crippen molar-refractivity contribution in [2.24, 2.45) is 0 Å². The van der Waals surface area contributed by atoms with E-state index in [-0.39, 0.29) is 0 Å². The third-order valence-corrected chi connectivity index (χ3v) is 5.85. The number of benzene rings is 4. The highest BCUT2D eigenvalue weighted by Gasteiger charge is 2.10. The molecule has 0 saturated heterocycles. The summed E-state index contributed by atoms with van der Waals surface area (Å²) in [6.07, 6.45) is 1.98. The van der Waals surface area contributed by atoms with Crippen LogP contribution in [-0.4, -0.2) is 4.57 Å². The molecular formula is C29H22N2. The molecule has 0 radical (unpaired) electrons. The van der Waals surface area contributed by atoms with Gasteiger partial charge in [0.05, 0.1) is 11.6 Å². The molecular weight excluding hydrogens is 376 g/mol. The van der Waals surface area contributed by atoms with Crippen LogP contribution in [-0.2, 0) is 6.54 Å². The molecule has 0 atom stereocenters. The fourth-order valence-electron chi connectivity index (χ4n) is 4.32. The summed E-state index contributed by atoms with van der Waals surface area (Å²) in [4.78, 5) is 0. The minimum atomic E-state index is 0.665. The molecule has 0 amide bonds. The van der Waals surface area contributed by atoms with E-state index in [1.807, 2.05) is 36.4 Å². The summed E-state index contributed by atoms with van der Waals surface area (Å²) in [6, 6.07) is 35.8. The summed E-state index contributed by atoms with van der Waals surface area (Å²) in [6.45, 7) is 3.10. The standard InChI is InChI=1S/C29H22N2/c1-2-31-28-11-7-6-10-26(28)27-19-21(12-17-29(27)31)18-25(20-30)24-15-13-23(14-16-24)22-8-4-3-5-9-22/h3-19H,2H2,1H3. The Balaban J connectivity index is 1.55. The summed E-state index contributed by atoms with van der Waals surface area (Å²) in [5, 5.41) is 12.3. The first-order valence-corrected chi connectivity index (χ1v) is 10.6. The first-order valence-electron chi connectivity index (χ1n) is 10.6. The normalized spacial score (nSPS) is 11.7. The molecule has 2 heteroatoms. The van der Waals surface area contributed by atoms with E-state index in [9.17, 15) is 5.26 Å². The summed E-state index contributed by atoms with van der Waals surface area (Å²) >= 11 is 0. The van der Waals surface area contributed by atoms with E-state index in [1.165, 1.54) is 27.4 Å². The summed E-state index contributed by atoms with van der Waals surface area (Å²) in [5.74, 6) is 0. The van der Waals surface area contributed by atoms with Gasteiger partial charge in [0.2, 0.25) is 0 Å². The predicted octanol–water partition coefficient (Wildman–Crippen LogP) is 7.55. The van der Waals surface area contributed by atoms with Gasteiger partial charge >= 0.3 is 0 Å². The van der Waals surface area contributed by atoms with Gasteiger partial charge in [-0.2, -0.15) is 5.26 Å². The lowest BCUT2D eigenvalue weighted by atomic mass is 9.99. The number of aromatic nitrogens is 1. The molecule has 0 saturated carbocycles. The molecule has 0 unspecified atom stereocenters. The molecule has 5 rings (SSSR count). The zero-order valence-corrected chi connectivity index (χ0v) is 17.4. The molecule has 2 nitrogen and oxygen atoms in total. The number of hydrogen-bond donors (Lipinski definition) is 0. The Bertz CT molecular complexity index is 1450. The van der Waals surface area contributed by atoms with Crippen LogP contribution in [0.4, 0.5) is 0 Å². The maximum atomic E-state index is 9.83. The number of allylic oxidation sites excluding steroid dienone is 1. The molecule has 0 N–H and O–H groups in total. The Morgan fingerprint density at radius 3 is 2.19 bits per heavy atom. The maximum absolute atomic E-state index is 9.83. The number of nitriles is 1. The molecule has 148 valence electrons. The fraction of sp³-hybridized carbons (Fsp3) is 0.0690. The van der Waals surface area contributed by atoms with Crippen LogP contribution in [0.2, 0.25) is 0 Å². The Morgan fingerprint density at radius 2 is 1.45 bits per heavy atom. The number of hydrogen-bond acceptors (Lipinski definition) is 1. The van der Waals surface area contributed by atoms with Crippen LogP contribution >= 0.6 is 0 Å². The zero-order chi connectivity index (χ0) is 21.2. The Kier molecular flexibility index (Phi) is 4.86. The molecule has 31 heavy (non-hydrogen) atoms. The fourth-order valence-corrected chi connectivity index (χ4v) is 4.32. The van der Waals surface area contributed by atoms with Gasteiger partial charge in [-0.25, -0.2) is 0 Å². The summed E-state index contributed by atoms with van der Waals surface area (Å²) in [7, 11) is 0. The van der Waals surface area contributed by atoms with Gasteiger partial charge in [0, 0.05) is 28.4 Å². The van der Waals surface area contributed by atoms with E-state index >= 15 is 0 Å². The van der Waals surface area contributed by atoms with Crippen molar-refractivity contribution in [1.29, 1.82) is 5.26 Å². The van der Waals surface area contributed by atoms with Crippen molar-refractivity contribution >= 4 is 33.5 Å². The lowest BCUT2D eigenvalue weighted by Crippen LogP contribution is -1.92. The monoisotopic (exact) mass is 398 g/mol. The van der Waals surface area contributed by atoms with E-state index in [1.54, 1.807) is 0 Å². The van der Waals surface area contributed by atoms with Gasteiger partial charge in [0.15, 0.2) is 0 Å². The highest BCUT2D eigenvalue weighted by molar-refractivity contribution is 6.09. The van der Waals surface area contributed by atoms with Crippen molar-refractivity contribution < 1.29 is 0 Å². The number of rotatable bonds is 4. The molecule has 4 aromatic carbocycles. The smallest absolute Gasteiger partial charge is 0.0998 e. The Morgan fingerprint density at radius 1 is 0.774 bits per heavy atom. The third-order valence-electron chi connectivity index (χ3n) is 5.85. The van der Waals surface area contributed by atoms with Gasteiger partial charge in [-0.1, -0.05) is 78.9 Å². The molecule has 5 aromatic rings. The van der Waals surface area contributed by atoms with Crippen LogP contribution in [0.25, 0.3) is 44.6 Å². The van der Waals surface area contributed by atoms with Gasteiger partial charge in [-0.3, -0.25) is 0 Å². The molecule has 0 bridgehead atoms. The molecule has 0 spiro atoms. The van der Waals surface area contributed by atoms with E-state index in [2.05, 4.69) is 84.3 Å². The number of fused-ring (bicyclic) bond motifs is 3. The lowest BCUT2D eigenvalue weighted by Gasteiger charge is -2.05. The van der Waals surface area contributed by atoms with Crippen molar-refractivity contribution in [3.05, 3.63) is 108 Å². The van der Waals surface area contributed by atoms with Gasteiger partial charge in [0.1, 0.15) is 0 Å². The minimum Gasteiger partial charge on any atom is -0.341 e. The van der Waals surface area contributed by atoms with Crippen molar-refractivity contribution in [1.82, 2.24) is 4.57 Å². The van der Waals surface area contributed by atoms with E-state index in [0.29, 0.717) is 5.57 Å². The first-order chi connectivity index (χ1) is 15.3. The topological polar surface area (TPSA) is 28.7 Å². The molecule has 1 heterocycles. The first kappa shape index (κ1) is 18.9. The van der Waals surface area contributed by atoms with Crippen LogP contribution in [0, 0.1) is 11.3 Å². The number of para-hydroxylation sites is 1. The molecule has 0 aliphatic heterocycles. The third kappa shape index (κ3) is 3.41. The SMILES string of the molecule is CCn1c2ccccc2c2cc(C=C(C#N)c3ccc(-c4ccccc4)cc3)ccc21. The Hall–Kier alpha value is -4.09. The van der Waals surface area contributed by atoms with E-state index in [0.717, 1.165) is 23.2 Å². The van der Waals surface area contributed by atoms with Crippen molar-refractivity contribution in [2.45, 2.75) is 13.5 Å². The molecule has 0 aliphatic carbocycles. The average molecular weight is 399 g/mol. The lowest BCUT2D eigenvalue weighted by molar-refractivity contribution is 0.827.